The average molecular weight is 306 g/mol. The predicted molar refractivity (Wildman–Crippen MR) is 88.9 cm³/mol. The van der Waals surface area contributed by atoms with Gasteiger partial charge in [-0.25, -0.2) is 0 Å². The summed E-state index contributed by atoms with van der Waals surface area (Å²) in [5.74, 6) is 0.683. The fraction of sp³-hybridized carbons (Fsp3) is 0.294. The maximum absolute atomic E-state index is 6.15. The lowest BCUT2D eigenvalue weighted by Crippen LogP contribution is -2.01. The maximum atomic E-state index is 6.15. The van der Waals surface area contributed by atoms with Gasteiger partial charge >= 0.3 is 0 Å². The van der Waals surface area contributed by atoms with Crippen LogP contribution in [0.5, 0.6) is 0 Å². The summed E-state index contributed by atoms with van der Waals surface area (Å²) in [7, 11) is 0. The van der Waals surface area contributed by atoms with Gasteiger partial charge in [0.25, 0.3) is 0 Å². The van der Waals surface area contributed by atoms with E-state index < -0.39 is 0 Å². The number of benzene rings is 2. The second kappa shape index (κ2) is 5.31. The van der Waals surface area contributed by atoms with Crippen molar-refractivity contribution in [3.05, 3.63) is 46.4 Å². The molecule has 3 heteroatoms. The third-order valence-electron chi connectivity index (χ3n) is 3.72. The van der Waals surface area contributed by atoms with E-state index in [1.807, 2.05) is 24.3 Å². The zero-order valence-electron chi connectivity index (χ0n) is 11.7. The Morgan fingerprint density at radius 3 is 1.85 bits per heavy atom. The Balaban J connectivity index is 2.29. The molecule has 0 saturated heterocycles. The smallest absolute Gasteiger partial charge is 0.0492 e. The number of hydrogen-bond acceptors (Lipinski definition) is 0. The summed E-state index contributed by atoms with van der Waals surface area (Å²) in [6.07, 6.45) is 1.16. The van der Waals surface area contributed by atoms with E-state index in [0.29, 0.717) is 5.92 Å². The van der Waals surface area contributed by atoms with Crippen molar-refractivity contribution < 1.29 is 0 Å². The number of nitrogens with zero attached hydrogens (tertiary/aromatic N) is 1. The molecule has 0 saturated carbocycles. The van der Waals surface area contributed by atoms with Crippen LogP contribution in [0, 0.1) is 5.92 Å². The van der Waals surface area contributed by atoms with Crippen molar-refractivity contribution in [2.45, 2.75) is 26.8 Å². The Bertz CT molecular complexity index is 712. The van der Waals surface area contributed by atoms with Gasteiger partial charge in [-0.05, 0) is 48.7 Å². The van der Waals surface area contributed by atoms with Gasteiger partial charge in [0.1, 0.15) is 0 Å². The standard InChI is InChI=1S/C17H17Cl2N/c1-11(2)7-8-20-16-5-3-12(18)9-14(16)15-10-13(19)4-6-17(15)20/h3-6,9-11H,7-8H2,1-2H3. The summed E-state index contributed by atoms with van der Waals surface area (Å²) in [4.78, 5) is 0. The Morgan fingerprint density at radius 2 is 1.40 bits per heavy atom. The van der Waals surface area contributed by atoms with Gasteiger partial charge in [-0.1, -0.05) is 37.0 Å². The molecule has 0 N–H and O–H groups in total. The first-order valence-electron chi connectivity index (χ1n) is 6.93. The van der Waals surface area contributed by atoms with Crippen molar-refractivity contribution in [3.8, 4) is 0 Å². The number of halogens is 2. The van der Waals surface area contributed by atoms with Crippen LogP contribution in [0.1, 0.15) is 20.3 Å². The Kier molecular flexibility index (Phi) is 3.66. The minimum Gasteiger partial charge on any atom is -0.340 e. The van der Waals surface area contributed by atoms with E-state index >= 15 is 0 Å². The first kappa shape index (κ1) is 13.8. The first-order valence-corrected chi connectivity index (χ1v) is 7.69. The van der Waals surface area contributed by atoms with E-state index in [1.54, 1.807) is 0 Å². The van der Waals surface area contributed by atoms with Crippen LogP contribution in [0.25, 0.3) is 21.8 Å². The molecule has 104 valence electrons. The van der Waals surface area contributed by atoms with Crippen molar-refractivity contribution in [2.24, 2.45) is 5.92 Å². The lowest BCUT2D eigenvalue weighted by Gasteiger charge is -2.09. The average Bonchev–Trinajstić information content (AvgIpc) is 2.69. The zero-order chi connectivity index (χ0) is 14.3. The summed E-state index contributed by atoms with van der Waals surface area (Å²) < 4.78 is 2.37. The van der Waals surface area contributed by atoms with Gasteiger partial charge < -0.3 is 4.57 Å². The molecule has 20 heavy (non-hydrogen) atoms. The van der Waals surface area contributed by atoms with Crippen LogP contribution in [-0.4, -0.2) is 4.57 Å². The maximum Gasteiger partial charge on any atom is 0.0492 e. The van der Waals surface area contributed by atoms with Crippen molar-refractivity contribution in [2.75, 3.05) is 0 Å². The van der Waals surface area contributed by atoms with Crippen LogP contribution in [0.4, 0.5) is 0 Å². The molecule has 0 aliphatic rings. The Hall–Kier alpha value is -1.18. The van der Waals surface area contributed by atoms with Gasteiger partial charge in [-0.2, -0.15) is 0 Å². The minimum atomic E-state index is 0.683. The Morgan fingerprint density at radius 1 is 0.900 bits per heavy atom. The molecule has 3 aromatic rings. The number of aromatic nitrogens is 1. The summed E-state index contributed by atoms with van der Waals surface area (Å²) in [6, 6.07) is 12.2. The van der Waals surface area contributed by atoms with Crippen molar-refractivity contribution >= 4 is 45.0 Å². The fourth-order valence-electron chi connectivity index (χ4n) is 2.68. The van der Waals surface area contributed by atoms with Gasteiger partial charge in [0.15, 0.2) is 0 Å². The molecule has 0 fully saturated rings. The van der Waals surface area contributed by atoms with Crippen molar-refractivity contribution in [1.82, 2.24) is 4.57 Å². The van der Waals surface area contributed by atoms with Gasteiger partial charge in [-0.15, -0.1) is 0 Å². The minimum absolute atomic E-state index is 0.683. The van der Waals surface area contributed by atoms with Crippen LogP contribution < -0.4 is 0 Å². The van der Waals surface area contributed by atoms with Gasteiger partial charge in [-0.3, -0.25) is 0 Å². The normalized spacial score (nSPS) is 11.8. The quantitative estimate of drug-likeness (QED) is 0.547. The lowest BCUT2D eigenvalue weighted by atomic mass is 10.1. The molecule has 0 unspecified atom stereocenters. The highest BCUT2D eigenvalue weighted by atomic mass is 35.5. The molecule has 0 bridgehead atoms. The van der Waals surface area contributed by atoms with Crippen LogP contribution in [-0.2, 0) is 6.54 Å². The van der Waals surface area contributed by atoms with Crippen LogP contribution >= 0.6 is 23.2 Å². The third-order valence-corrected chi connectivity index (χ3v) is 4.19. The predicted octanol–water partition coefficient (Wildman–Crippen LogP) is 6.15. The van der Waals surface area contributed by atoms with Crippen molar-refractivity contribution in [3.63, 3.8) is 0 Å². The molecule has 3 rings (SSSR count). The van der Waals surface area contributed by atoms with Crippen LogP contribution in [0.15, 0.2) is 36.4 Å². The largest absolute Gasteiger partial charge is 0.340 e. The molecule has 2 aromatic carbocycles. The fourth-order valence-corrected chi connectivity index (χ4v) is 3.02. The van der Waals surface area contributed by atoms with Crippen LogP contribution in [0.3, 0.4) is 0 Å². The highest BCUT2D eigenvalue weighted by Crippen LogP contribution is 2.33. The molecule has 1 nitrogen and oxygen atoms in total. The van der Waals surface area contributed by atoms with E-state index in [1.165, 1.54) is 21.8 Å². The molecular weight excluding hydrogens is 289 g/mol. The zero-order valence-corrected chi connectivity index (χ0v) is 13.2. The molecule has 0 amide bonds. The van der Waals surface area contributed by atoms with E-state index in [4.69, 9.17) is 23.2 Å². The van der Waals surface area contributed by atoms with E-state index in [9.17, 15) is 0 Å². The molecule has 1 heterocycles. The second-order valence-electron chi connectivity index (χ2n) is 5.66. The Labute approximate surface area is 129 Å². The van der Waals surface area contributed by atoms with Gasteiger partial charge in [0.05, 0.1) is 0 Å². The number of fused-ring (bicyclic) bond motifs is 3. The summed E-state index contributed by atoms with van der Waals surface area (Å²) in [5, 5.41) is 3.89. The molecule has 0 atom stereocenters. The molecule has 0 spiro atoms. The second-order valence-corrected chi connectivity index (χ2v) is 6.53. The van der Waals surface area contributed by atoms with Crippen molar-refractivity contribution in [1.29, 1.82) is 0 Å². The highest BCUT2D eigenvalue weighted by molar-refractivity contribution is 6.33. The van der Waals surface area contributed by atoms with E-state index in [0.717, 1.165) is 23.0 Å². The summed E-state index contributed by atoms with van der Waals surface area (Å²) in [5.41, 5.74) is 2.46. The first-order chi connectivity index (χ1) is 9.56. The highest BCUT2D eigenvalue weighted by Gasteiger charge is 2.11. The van der Waals surface area contributed by atoms with E-state index in [2.05, 4.69) is 30.5 Å². The van der Waals surface area contributed by atoms with Gasteiger partial charge in [0.2, 0.25) is 0 Å². The molecule has 0 radical (unpaired) electrons. The van der Waals surface area contributed by atoms with Gasteiger partial charge in [0, 0.05) is 38.4 Å². The SMILES string of the molecule is CC(C)CCn1c2ccc(Cl)cc2c2cc(Cl)ccc21. The van der Waals surface area contributed by atoms with Crippen LogP contribution in [0.2, 0.25) is 10.0 Å². The topological polar surface area (TPSA) is 4.93 Å². The molecule has 1 aromatic heterocycles. The molecular formula is C17H17Cl2N. The molecule has 0 aliphatic carbocycles. The lowest BCUT2D eigenvalue weighted by molar-refractivity contribution is 0.531. The monoisotopic (exact) mass is 305 g/mol. The number of hydrogen-bond donors (Lipinski definition) is 0. The third kappa shape index (κ3) is 2.41. The summed E-state index contributed by atoms with van der Waals surface area (Å²) >= 11 is 12.3. The molecule has 0 aliphatic heterocycles. The van der Waals surface area contributed by atoms with E-state index in [-0.39, 0.29) is 0 Å². The number of rotatable bonds is 3. The summed E-state index contributed by atoms with van der Waals surface area (Å²) in [6.45, 7) is 5.52. The number of aryl methyl sites for hydroxylation is 1.